The van der Waals surface area contributed by atoms with Gasteiger partial charge in [0.25, 0.3) is 0 Å². The minimum absolute atomic E-state index is 0.188. The molecule has 6 nitrogen and oxygen atoms in total. The molecule has 0 aliphatic rings. The molecule has 0 fully saturated rings. The molecule has 0 atom stereocenters. The van der Waals surface area contributed by atoms with E-state index in [1.807, 2.05) is 0 Å². The molecule has 0 heterocycles. The smallest absolute Gasteiger partial charge is 0.126 e. The quantitative estimate of drug-likeness (QED) is 0.428. The van der Waals surface area contributed by atoms with Crippen LogP contribution in [-0.2, 0) is 12.8 Å². The molecule has 0 saturated heterocycles. The minimum Gasteiger partial charge on any atom is -0.508 e. The van der Waals surface area contributed by atoms with Gasteiger partial charge in [-0.15, -0.1) is 0 Å². The Labute approximate surface area is 149 Å². The van der Waals surface area contributed by atoms with E-state index in [0.29, 0.717) is 0 Å². The highest BCUT2D eigenvalue weighted by Gasteiger charge is 2.15. The second kappa shape index (κ2) is 6.76. The monoisotopic (exact) mass is 354 g/mol. The maximum absolute atomic E-state index is 10.0. The van der Waals surface area contributed by atoms with E-state index in [1.54, 1.807) is 24.3 Å². The topological polar surface area (TPSA) is 121 Å². The predicted octanol–water partition coefficient (Wildman–Crippen LogP) is 3.10. The van der Waals surface area contributed by atoms with Gasteiger partial charge in [0.1, 0.15) is 34.5 Å². The standard InChI is InChI=1S/C20H18O6/c21-13-7-17(23)15(18(24)8-13)5-11-3-1-2-4-12(11)6-16-19(25)9-14(22)10-20(16)26/h1-4,7-10,21-26H,5-6H2. The second-order valence-corrected chi connectivity index (χ2v) is 6.05. The molecule has 0 amide bonds. The van der Waals surface area contributed by atoms with Crippen LogP contribution < -0.4 is 0 Å². The van der Waals surface area contributed by atoms with Crippen molar-refractivity contribution < 1.29 is 30.6 Å². The summed E-state index contributed by atoms with van der Waals surface area (Å²) in [4.78, 5) is 0. The average Bonchev–Trinajstić information content (AvgIpc) is 2.55. The molecule has 0 aliphatic heterocycles. The Morgan fingerprint density at radius 1 is 0.500 bits per heavy atom. The lowest BCUT2D eigenvalue weighted by Crippen LogP contribution is -1.98. The van der Waals surface area contributed by atoms with Crippen molar-refractivity contribution in [1.82, 2.24) is 0 Å². The van der Waals surface area contributed by atoms with Crippen LogP contribution in [0.1, 0.15) is 22.3 Å². The van der Waals surface area contributed by atoms with Crippen LogP contribution >= 0.6 is 0 Å². The SMILES string of the molecule is Oc1cc(O)c(Cc2ccccc2Cc2c(O)cc(O)cc2O)c(O)c1. The molecule has 0 aliphatic carbocycles. The number of rotatable bonds is 4. The fourth-order valence-electron chi connectivity index (χ4n) is 2.90. The lowest BCUT2D eigenvalue weighted by Gasteiger charge is -2.14. The molecule has 134 valence electrons. The first kappa shape index (κ1) is 17.3. The van der Waals surface area contributed by atoms with Crippen LogP contribution in [0.2, 0.25) is 0 Å². The van der Waals surface area contributed by atoms with E-state index in [1.165, 1.54) is 0 Å². The van der Waals surface area contributed by atoms with Crippen LogP contribution in [0.25, 0.3) is 0 Å². The van der Waals surface area contributed by atoms with Gasteiger partial charge in [-0.05, 0) is 11.1 Å². The van der Waals surface area contributed by atoms with Crippen molar-refractivity contribution in [1.29, 1.82) is 0 Å². The first-order valence-electron chi connectivity index (χ1n) is 7.89. The van der Waals surface area contributed by atoms with Gasteiger partial charge in [-0.2, -0.15) is 0 Å². The Morgan fingerprint density at radius 2 is 0.808 bits per heavy atom. The Kier molecular flexibility index (Phi) is 4.49. The summed E-state index contributed by atoms with van der Waals surface area (Å²) in [7, 11) is 0. The van der Waals surface area contributed by atoms with Gasteiger partial charge in [-0.1, -0.05) is 24.3 Å². The molecule has 0 radical (unpaired) electrons. The number of hydrogen-bond acceptors (Lipinski definition) is 6. The third-order valence-corrected chi connectivity index (χ3v) is 4.23. The minimum atomic E-state index is -0.240. The summed E-state index contributed by atoms with van der Waals surface area (Å²) in [5, 5.41) is 58.9. The summed E-state index contributed by atoms with van der Waals surface area (Å²) in [6.45, 7) is 0. The van der Waals surface area contributed by atoms with Crippen molar-refractivity contribution in [2.75, 3.05) is 0 Å². The number of hydrogen-bond donors (Lipinski definition) is 6. The predicted molar refractivity (Wildman–Crippen MR) is 94.9 cm³/mol. The second-order valence-electron chi connectivity index (χ2n) is 6.05. The van der Waals surface area contributed by atoms with Gasteiger partial charge in [0.05, 0.1) is 0 Å². The zero-order valence-electron chi connectivity index (χ0n) is 13.7. The molecule has 6 N–H and O–H groups in total. The third kappa shape index (κ3) is 3.44. The molecule has 0 spiro atoms. The van der Waals surface area contributed by atoms with Gasteiger partial charge < -0.3 is 30.6 Å². The van der Waals surface area contributed by atoms with Gasteiger partial charge in [0, 0.05) is 48.2 Å². The summed E-state index contributed by atoms with van der Waals surface area (Å²) in [5.41, 5.74) is 2.04. The molecule has 0 unspecified atom stereocenters. The van der Waals surface area contributed by atoms with Gasteiger partial charge in [0.15, 0.2) is 0 Å². The molecule has 0 bridgehead atoms. The summed E-state index contributed by atoms with van der Waals surface area (Å²) >= 11 is 0. The van der Waals surface area contributed by atoms with Crippen molar-refractivity contribution in [2.24, 2.45) is 0 Å². The highest BCUT2D eigenvalue weighted by molar-refractivity contribution is 5.54. The fraction of sp³-hybridized carbons (Fsp3) is 0.100. The largest absolute Gasteiger partial charge is 0.508 e. The molecule has 0 saturated carbocycles. The normalized spacial score (nSPS) is 10.8. The van der Waals surface area contributed by atoms with E-state index >= 15 is 0 Å². The lowest BCUT2D eigenvalue weighted by atomic mass is 9.93. The van der Waals surface area contributed by atoms with Crippen molar-refractivity contribution in [3.63, 3.8) is 0 Å². The van der Waals surface area contributed by atoms with E-state index in [0.717, 1.165) is 35.4 Å². The zero-order chi connectivity index (χ0) is 18.8. The molecular formula is C20H18O6. The van der Waals surface area contributed by atoms with Crippen molar-refractivity contribution in [2.45, 2.75) is 12.8 Å². The highest BCUT2D eigenvalue weighted by atomic mass is 16.3. The molecule has 0 aromatic heterocycles. The maximum atomic E-state index is 10.0. The molecule has 3 aromatic rings. The first-order chi connectivity index (χ1) is 12.3. The summed E-state index contributed by atoms with van der Waals surface area (Å²) in [6.07, 6.45) is 0.376. The van der Waals surface area contributed by atoms with Crippen molar-refractivity contribution in [3.05, 3.63) is 70.8 Å². The van der Waals surface area contributed by atoms with Gasteiger partial charge in [-0.3, -0.25) is 0 Å². The average molecular weight is 354 g/mol. The molecular weight excluding hydrogens is 336 g/mol. The third-order valence-electron chi connectivity index (χ3n) is 4.23. The number of benzene rings is 3. The van der Waals surface area contributed by atoms with Crippen LogP contribution in [0.15, 0.2) is 48.5 Å². The molecule has 6 heteroatoms. The van der Waals surface area contributed by atoms with Crippen LogP contribution in [-0.4, -0.2) is 30.6 Å². The Morgan fingerprint density at radius 3 is 1.12 bits per heavy atom. The first-order valence-corrected chi connectivity index (χ1v) is 7.89. The Bertz CT molecular complexity index is 840. The molecule has 3 aromatic carbocycles. The van der Waals surface area contributed by atoms with E-state index < -0.39 is 0 Å². The number of phenolic OH excluding ortho intramolecular Hbond substituents is 6. The zero-order valence-corrected chi connectivity index (χ0v) is 13.7. The fourth-order valence-corrected chi connectivity index (χ4v) is 2.90. The van der Waals surface area contributed by atoms with E-state index in [2.05, 4.69) is 0 Å². The van der Waals surface area contributed by atoms with Gasteiger partial charge in [-0.25, -0.2) is 0 Å². The van der Waals surface area contributed by atoms with Crippen LogP contribution in [0.5, 0.6) is 34.5 Å². The Hall–Kier alpha value is -3.54. The van der Waals surface area contributed by atoms with Gasteiger partial charge >= 0.3 is 0 Å². The van der Waals surface area contributed by atoms with Crippen LogP contribution in [0, 0.1) is 0 Å². The summed E-state index contributed by atoms with van der Waals surface area (Å²) in [6, 6.07) is 11.8. The Balaban J connectivity index is 1.98. The summed E-state index contributed by atoms with van der Waals surface area (Å²) < 4.78 is 0. The summed E-state index contributed by atoms with van der Waals surface area (Å²) in [5.74, 6) is -1.40. The van der Waals surface area contributed by atoms with Crippen LogP contribution in [0.4, 0.5) is 0 Å². The van der Waals surface area contributed by atoms with Gasteiger partial charge in [0.2, 0.25) is 0 Å². The lowest BCUT2D eigenvalue weighted by molar-refractivity contribution is 0.418. The van der Waals surface area contributed by atoms with Crippen molar-refractivity contribution >= 4 is 0 Å². The van der Waals surface area contributed by atoms with E-state index in [9.17, 15) is 30.6 Å². The maximum Gasteiger partial charge on any atom is 0.126 e. The molecule has 3 rings (SSSR count). The van der Waals surface area contributed by atoms with E-state index in [-0.39, 0.29) is 58.5 Å². The molecule has 26 heavy (non-hydrogen) atoms. The number of phenols is 6. The number of aromatic hydroxyl groups is 6. The van der Waals surface area contributed by atoms with Crippen molar-refractivity contribution in [3.8, 4) is 34.5 Å². The van der Waals surface area contributed by atoms with E-state index in [4.69, 9.17) is 0 Å². The van der Waals surface area contributed by atoms with Crippen LogP contribution in [0.3, 0.4) is 0 Å². The highest BCUT2D eigenvalue weighted by Crippen LogP contribution is 2.37.